The van der Waals surface area contributed by atoms with Crippen molar-refractivity contribution in [2.75, 3.05) is 59.0 Å². The summed E-state index contributed by atoms with van der Waals surface area (Å²) in [6, 6.07) is -0.438. The van der Waals surface area contributed by atoms with Gasteiger partial charge in [-0.1, -0.05) is 13.8 Å². The van der Waals surface area contributed by atoms with Gasteiger partial charge in [0.1, 0.15) is 0 Å². The molecule has 0 saturated carbocycles. The molecule has 2 aliphatic rings. The molecule has 2 fully saturated rings. The van der Waals surface area contributed by atoms with Crippen LogP contribution in [0.15, 0.2) is 0 Å². The molecule has 0 bridgehead atoms. The van der Waals surface area contributed by atoms with E-state index in [9.17, 15) is 9.59 Å². The van der Waals surface area contributed by atoms with E-state index < -0.39 is 6.04 Å². The second-order valence-electron chi connectivity index (χ2n) is 6.64. The highest BCUT2D eigenvalue weighted by molar-refractivity contribution is 5.85. The van der Waals surface area contributed by atoms with Gasteiger partial charge >= 0.3 is 0 Å². The van der Waals surface area contributed by atoms with Crippen LogP contribution in [-0.4, -0.2) is 91.6 Å². The normalized spacial score (nSPS) is 19.5. The minimum absolute atomic E-state index is 0. The van der Waals surface area contributed by atoms with Gasteiger partial charge in [0, 0.05) is 39.4 Å². The van der Waals surface area contributed by atoms with Crippen LogP contribution in [0.3, 0.4) is 0 Å². The van der Waals surface area contributed by atoms with Crippen LogP contribution < -0.4 is 5.73 Å². The summed E-state index contributed by atoms with van der Waals surface area (Å²) in [4.78, 5) is 30.7. The zero-order valence-corrected chi connectivity index (χ0v) is 17.5. The van der Waals surface area contributed by atoms with E-state index in [4.69, 9.17) is 10.5 Å². The average molecular weight is 413 g/mol. The highest BCUT2D eigenvalue weighted by atomic mass is 35.5. The van der Waals surface area contributed by atoms with Crippen molar-refractivity contribution >= 4 is 36.6 Å². The first-order valence-electron chi connectivity index (χ1n) is 9.19. The number of piperazine rings is 1. The molecule has 0 aromatic carbocycles. The van der Waals surface area contributed by atoms with Crippen LogP contribution in [0.25, 0.3) is 0 Å². The number of halogens is 2. The first-order chi connectivity index (χ1) is 11.6. The fourth-order valence-electron chi connectivity index (χ4n) is 3.40. The van der Waals surface area contributed by atoms with Crippen LogP contribution in [0.5, 0.6) is 0 Å². The highest BCUT2D eigenvalue weighted by Crippen LogP contribution is 2.19. The third-order valence-electron chi connectivity index (χ3n) is 5.26. The molecule has 7 nitrogen and oxygen atoms in total. The Morgan fingerprint density at radius 2 is 1.54 bits per heavy atom. The van der Waals surface area contributed by atoms with E-state index in [0.29, 0.717) is 45.9 Å². The van der Waals surface area contributed by atoms with Crippen molar-refractivity contribution in [2.45, 2.75) is 32.7 Å². The van der Waals surface area contributed by atoms with Crippen molar-refractivity contribution in [3.8, 4) is 0 Å². The number of hydrogen-bond acceptors (Lipinski definition) is 5. The van der Waals surface area contributed by atoms with E-state index in [1.165, 1.54) is 0 Å². The minimum Gasteiger partial charge on any atom is -0.381 e. The molecule has 1 atom stereocenters. The lowest BCUT2D eigenvalue weighted by Crippen LogP contribution is -2.57. The number of ether oxygens (including phenoxy) is 1. The summed E-state index contributed by atoms with van der Waals surface area (Å²) < 4.78 is 5.34. The molecule has 0 aromatic rings. The van der Waals surface area contributed by atoms with Gasteiger partial charge in [-0.15, -0.1) is 24.8 Å². The molecule has 0 aliphatic carbocycles. The Morgan fingerprint density at radius 1 is 1.04 bits per heavy atom. The summed E-state index contributed by atoms with van der Waals surface area (Å²) in [5, 5.41) is 0. The Kier molecular flexibility index (Phi) is 12.4. The maximum atomic E-state index is 12.6. The molecule has 0 aromatic heterocycles. The fraction of sp³-hybridized carbons (Fsp3) is 0.882. The molecule has 1 unspecified atom stereocenters. The molecule has 2 aliphatic heterocycles. The van der Waals surface area contributed by atoms with E-state index in [2.05, 4.69) is 18.7 Å². The molecule has 2 rings (SSSR count). The molecule has 154 valence electrons. The number of nitrogens with zero attached hydrogens (tertiary/aromatic N) is 3. The van der Waals surface area contributed by atoms with Gasteiger partial charge in [0.15, 0.2) is 0 Å². The maximum Gasteiger partial charge on any atom is 0.239 e. The summed E-state index contributed by atoms with van der Waals surface area (Å²) in [7, 11) is 0. The fourth-order valence-corrected chi connectivity index (χ4v) is 3.40. The summed E-state index contributed by atoms with van der Waals surface area (Å²) >= 11 is 0. The van der Waals surface area contributed by atoms with Crippen LogP contribution >= 0.6 is 24.8 Å². The smallest absolute Gasteiger partial charge is 0.239 e. The average Bonchev–Trinajstić information content (AvgIpc) is 2.65. The third kappa shape index (κ3) is 6.85. The van der Waals surface area contributed by atoms with Crippen molar-refractivity contribution in [3.63, 3.8) is 0 Å². The zero-order valence-electron chi connectivity index (χ0n) is 15.9. The van der Waals surface area contributed by atoms with Gasteiger partial charge < -0.3 is 20.3 Å². The Bertz CT molecular complexity index is 424. The third-order valence-corrected chi connectivity index (χ3v) is 5.26. The van der Waals surface area contributed by atoms with Crippen LogP contribution in [0.4, 0.5) is 0 Å². The lowest BCUT2D eigenvalue weighted by atomic mass is 9.91. The molecule has 9 heteroatoms. The Hall–Kier alpha value is -0.600. The van der Waals surface area contributed by atoms with Gasteiger partial charge in [-0.05, 0) is 31.8 Å². The monoisotopic (exact) mass is 412 g/mol. The number of likely N-dealkylation sites (N-methyl/N-ethyl adjacent to an activating group) is 1. The summed E-state index contributed by atoms with van der Waals surface area (Å²) in [6.07, 6.45) is 1.71. The second kappa shape index (κ2) is 12.7. The lowest BCUT2D eigenvalue weighted by Gasteiger charge is -2.38. The molecule has 26 heavy (non-hydrogen) atoms. The quantitative estimate of drug-likeness (QED) is 0.690. The van der Waals surface area contributed by atoms with E-state index in [0.717, 1.165) is 25.9 Å². The SMILES string of the molecule is CCN(CC)CC(=O)N1CCN(C(=O)C(N)C2CCOCC2)CC1.Cl.Cl. The van der Waals surface area contributed by atoms with Crippen molar-refractivity contribution in [3.05, 3.63) is 0 Å². The standard InChI is InChI=1S/C17H32N4O3.2ClH/c1-3-19(4-2)13-15(22)20-7-9-21(10-8-20)17(23)16(18)14-5-11-24-12-6-14;;/h14,16H,3-13,18H2,1-2H3;2*1H. The molecule has 2 N–H and O–H groups in total. The van der Waals surface area contributed by atoms with Gasteiger partial charge in [-0.25, -0.2) is 0 Å². The van der Waals surface area contributed by atoms with Gasteiger partial charge in [-0.3, -0.25) is 14.5 Å². The van der Waals surface area contributed by atoms with E-state index in [1.807, 2.05) is 9.80 Å². The largest absolute Gasteiger partial charge is 0.381 e. The minimum atomic E-state index is -0.438. The molecule has 2 heterocycles. The maximum absolute atomic E-state index is 12.6. The van der Waals surface area contributed by atoms with Gasteiger partial charge in [-0.2, -0.15) is 0 Å². The zero-order chi connectivity index (χ0) is 17.5. The summed E-state index contributed by atoms with van der Waals surface area (Å²) in [5.74, 6) is 0.394. The van der Waals surface area contributed by atoms with Gasteiger partial charge in [0.25, 0.3) is 0 Å². The van der Waals surface area contributed by atoms with Crippen molar-refractivity contribution in [1.29, 1.82) is 0 Å². The Morgan fingerprint density at radius 3 is 2.04 bits per heavy atom. The number of rotatable bonds is 6. The first-order valence-corrected chi connectivity index (χ1v) is 9.19. The number of hydrogen-bond donors (Lipinski definition) is 1. The van der Waals surface area contributed by atoms with Crippen molar-refractivity contribution < 1.29 is 14.3 Å². The molecule has 0 radical (unpaired) electrons. The van der Waals surface area contributed by atoms with Gasteiger partial charge in [0.2, 0.25) is 11.8 Å². The second-order valence-corrected chi connectivity index (χ2v) is 6.64. The summed E-state index contributed by atoms with van der Waals surface area (Å²) in [6.45, 7) is 10.1. The first kappa shape index (κ1) is 25.4. The summed E-state index contributed by atoms with van der Waals surface area (Å²) in [5.41, 5.74) is 6.19. The Balaban J connectivity index is 0.00000312. The number of carbonyl (C=O) groups is 2. The number of carbonyl (C=O) groups excluding carboxylic acids is 2. The van der Waals surface area contributed by atoms with E-state index in [1.54, 1.807) is 0 Å². The van der Waals surface area contributed by atoms with Gasteiger partial charge in [0.05, 0.1) is 12.6 Å². The molecular formula is C17H34Cl2N4O3. The van der Waals surface area contributed by atoms with Crippen LogP contribution in [0.2, 0.25) is 0 Å². The molecule has 0 spiro atoms. The van der Waals surface area contributed by atoms with Crippen LogP contribution in [0.1, 0.15) is 26.7 Å². The van der Waals surface area contributed by atoms with Crippen LogP contribution in [-0.2, 0) is 14.3 Å². The van der Waals surface area contributed by atoms with E-state index >= 15 is 0 Å². The lowest BCUT2D eigenvalue weighted by molar-refractivity contribution is -0.142. The number of nitrogens with two attached hydrogens (primary N) is 1. The predicted molar refractivity (Wildman–Crippen MR) is 107 cm³/mol. The van der Waals surface area contributed by atoms with Crippen LogP contribution in [0, 0.1) is 5.92 Å². The van der Waals surface area contributed by atoms with E-state index in [-0.39, 0.29) is 42.5 Å². The molecular weight excluding hydrogens is 379 g/mol. The topological polar surface area (TPSA) is 79.1 Å². The molecule has 2 amide bonds. The van der Waals surface area contributed by atoms with Crippen molar-refractivity contribution in [2.24, 2.45) is 11.7 Å². The Labute approximate surface area is 169 Å². The number of amides is 2. The highest BCUT2D eigenvalue weighted by Gasteiger charge is 2.32. The predicted octanol–water partition coefficient (Wildman–Crippen LogP) is 0.597. The molecule has 2 saturated heterocycles. The van der Waals surface area contributed by atoms with Crippen molar-refractivity contribution in [1.82, 2.24) is 14.7 Å².